The Bertz CT molecular complexity index is 781. The minimum atomic E-state index is 0.00881. The predicted octanol–water partition coefficient (Wildman–Crippen LogP) is 4.05. The van der Waals surface area contributed by atoms with Crippen LogP contribution in [0.3, 0.4) is 0 Å². The molecule has 5 nitrogen and oxygen atoms in total. The van der Waals surface area contributed by atoms with E-state index in [0.717, 1.165) is 36.4 Å². The smallest absolute Gasteiger partial charge is 0.244 e. The lowest BCUT2D eigenvalue weighted by atomic mass is 9.48. The van der Waals surface area contributed by atoms with Crippen LogP contribution in [0.4, 0.5) is 0 Å². The second-order valence-corrected chi connectivity index (χ2v) is 9.68. The number of rotatable bonds is 5. The number of H-pyrrole nitrogens is 1. The van der Waals surface area contributed by atoms with Crippen LogP contribution in [0.25, 0.3) is 0 Å². The van der Waals surface area contributed by atoms with Gasteiger partial charge in [-0.1, -0.05) is 5.57 Å². The minimum Gasteiger partial charge on any atom is -0.345 e. The van der Waals surface area contributed by atoms with E-state index >= 15 is 0 Å². The van der Waals surface area contributed by atoms with Crippen LogP contribution in [0.1, 0.15) is 70.2 Å². The summed E-state index contributed by atoms with van der Waals surface area (Å²) in [7, 11) is 0. The van der Waals surface area contributed by atoms with Gasteiger partial charge in [-0.3, -0.25) is 14.5 Å². The van der Waals surface area contributed by atoms with Gasteiger partial charge in [-0.25, -0.2) is 0 Å². The van der Waals surface area contributed by atoms with Crippen molar-refractivity contribution in [1.29, 1.82) is 0 Å². The second-order valence-electron chi connectivity index (χ2n) is 9.29. The molecule has 26 heavy (non-hydrogen) atoms. The minimum absolute atomic E-state index is 0.00881. The summed E-state index contributed by atoms with van der Waals surface area (Å²) >= 11 is 5.31. The fourth-order valence-electron chi connectivity index (χ4n) is 6.33. The lowest BCUT2D eigenvalue weighted by Crippen LogP contribution is -2.46. The standard InChI is InChI=1S/C20H28N4OS/c1-12(20-8-13-5-14(9-20)7-15(6-13)10-20)4-18(25)21-11-17-22-23-19(26)24(17)16-2-3-16/h4,13-16H,2-3,5-11H2,1H3,(H,21,25)(H,23,26)/b12-4-. The molecule has 5 aliphatic rings. The number of carbonyl (C=O) groups is 1. The highest BCUT2D eigenvalue weighted by Gasteiger charge is 2.51. The molecule has 1 heterocycles. The molecule has 5 saturated carbocycles. The lowest BCUT2D eigenvalue weighted by molar-refractivity contribution is -0.117. The number of nitrogens with zero attached hydrogens (tertiary/aromatic N) is 2. The van der Waals surface area contributed by atoms with Crippen molar-refractivity contribution >= 4 is 18.1 Å². The molecule has 6 rings (SSSR count). The molecule has 1 aromatic heterocycles. The maximum atomic E-state index is 12.6. The van der Waals surface area contributed by atoms with Crippen LogP contribution in [-0.4, -0.2) is 20.7 Å². The topological polar surface area (TPSA) is 62.7 Å². The number of aromatic amines is 1. The Hall–Kier alpha value is -1.43. The highest BCUT2D eigenvalue weighted by Crippen LogP contribution is 2.62. The van der Waals surface area contributed by atoms with Gasteiger partial charge in [0.05, 0.1) is 6.54 Å². The van der Waals surface area contributed by atoms with Gasteiger partial charge < -0.3 is 5.32 Å². The fraction of sp³-hybridized carbons (Fsp3) is 0.750. The first-order valence-corrected chi connectivity index (χ1v) is 10.6. The Balaban J connectivity index is 1.27. The molecule has 5 fully saturated rings. The van der Waals surface area contributed by atoms with Crippen molar-refractivity contribution < 1.29 is 4.79 Å². The molecule has 0 aliphatic heterocycles. The Kier molecular flexibility index (Phi) is 3.89. The molecule has 5 aliphatic carbocycles. The van der Waals surface area contributed by atoms with E-state index in [2.05, 4.69) is 27.0 Å². The van der Waals surface area contributed by atoms with Crippen LogP contribution in [0, 0.1) is 27.9 Å². The van der Waals surface area contributed by atoms with Crippen molar-refractivity contribution in [3.05, 3.63) is 22.2 Å². The Labute approximate surface area is 159 Å². The molecule has 0 spiro atoms. The van der Waals surface area contributed by atoms with Crippen LogP contribution in [0.2, 0.25) is 0 Å². The Morgan fingerprint density at radius 1 is 1.27 bits per heavy atom. The van der Waals surface area contributed by atoms with E-state index in [-0.39, 0.29) is 5.91 Å². The molecule has 0 atom stereocenters. The molecule has 0 aromatic carbocycles. The summed E-state index contributed by atoms with van der Waals surface area (Å²) in [4.78, 5) is 12.6. The van der Waals surface area contributed by atoms with Crippen LogP contribution < -0.4 is 5.32 Å². The number of hydrogen-bond acceptors (Lipinski definition) is 3. The number of amides is 1. The van der Waals surface area contributed by atoms with E-state index in [1.54, 1.807) is 0 Å². The molecule has 0 unspecified atom stereocenters. The maximum absolute atomic E-state index is 12.6. The first-order chi connectivity index (χ1) is 12.5. The molecular weight excluding hydrogens is 344 g/mol. The lowest BCUT2D eigenvalue weighted by Gasteiger charge is -2.57. The molecule has 1 amide bonds. The summed E-state index contributed by atoms with van der Waals surface area (Å²) in [5, 5.41) is 10.2. The van der Waals surface area contributed by atoms with Crippen LogP contribution in [0.5, 0.6) is 0 Å². The average Bonchev–Trinajstić information content (AvgIpc) is 3.34. The van der Waals surface area contributed by atoms with E-state index in [9.17, 15) is 4.79 Å². The molecule has 2 N–H and O–H groups in total. The molecular formula is C20H28N4OS. The highest BCUT2D eigenvalue weighted by atomic mass is 32.1. The largest absolute Gasteiger partial charge is 0.345 e. The van der Waals surface area contributed by atoms with E-state index in [4.69, 9.17) is 12.2 Å². The third-order valence-electron chi connectivity index (χ3n) is 7.33. The van der Waals surface area contributed by atoms with Crippen molar-refractivity contribution in [1.82, 2.24) is 20.1 Å². The number of hydrogen-bond donors (Lipinski definition) is 2. The molecule has 6 heteroatoms. The normalized spacial score (nSPS) is 35.7. The summed E-state index contributed by atoms with van der Waals surface area (Å²) in [6.07, 6.45) is 12.4. The first-order valence-electron chi connectivity index (χ1n) is 10.1. The molecule has 0 radical (unpaired) electrons. The monoisotopic (exact) mass is 372 g/mol. The maximum Gasteiger partial charge on any atom is 0.244 e. The molecule has 0 saturated heterocycles. The zero-order chi connectivity index (χ0) is 17.9. The van der Waals surface area contributed by atoms with Gasteiger partial charge in [0.15, 0.2) is 10.6 Å². The van der Waals surface area contributed by atoms with Gasteiger partial charge >= 0.3 is 0 Å². The van der Waals surface area contributed by atoms with Gasteiger partial charge in [-0.2, -0.15) is 5.10 Å². The zero-order valence-electron chi connectivity index (χ0n) is 15.5. The zero-order valence-corrected chi connectivity index (χ0v) is 16.3. The van der Waals surface area contributed by atoms with E-state index in [1.165, 1.54) is 44.1 Å². The van der Waals surface area contributed by atoms with Gasteiger partial charge in [-0.15, -0.1) is 0 Å². The van der Waals surface area contributed by atoms with Crippen molar-refractivity contribution in [2.75, 3.05) is 0 Å². The summed E-state index contributed by atoms with van der Waals surface area (Å²) in [5.74, 6) is 3.56. The van der Waals surface area contributed by atoms with Gasteiger partial charge in [-0.05, 0) is 93.7 Å². The van der Waals surface area contributed by atoms with E-state index < -0.39 is 0 Å². The number of allylic oxidation sites excluding steroid dienone is 1. The summed E-state index contributed by atoms with van der Waals surface area (Å²) < 4.78 is 2.72. The summed E-state index contributed by atoms with van der Waals surface area (Å²) in [6, 6.07) is 0.470. The van der Waals surface area contributed by atoms with Crippen molar-refractivity contribution in [3.63, 3.8) is 0 Å². The number of nitrogens with one attached hydrogen (secondary N) is 2. The molecule has 1 aromatic rings. The Morgan fingerprint density at radius 3 is 2.46 bits per heavy atom. The van der Waals surface area contributed by atoms with Crippen molar-refractivity contribution in [2.24, 2.45) is 23.2 Å². The first kappa shape index (κ1) is 16.7. The van der Waals surface area contributed by atoms with Crippen LogP contribution >= 0.6 is 12.2 Å². The van der Waals surface area contributed by atoms with Crippen LogP contribution in [-0.2, 0) is 11.3 Å². The summed E-state index contributed by atoms with van der Waals surface area (Å²) in [6.45, 7) is 2.63. The predicted molar refractivity (Wildman–Crippen MR) is 102 cm³/mol. The van der Waals surface area contributed by atoms with E-state index in [1.807, 2.05) is 6.08 Å². The van der Waals surface area contributed by atoms with Crippen molar-refractivity contribution in [3.8, 4) is 0 Å². The SMILES string of the molecule is C/C(=C/C(=O)NCc1n[nH]c(=S)n1C1CC1)C12CC3CC(CC(C3)C1)C2. The van der Waals surface area contributed by atoms with Gasteiger partial charge in [0.1, 0.15) is 0 Å². The van der Waals surface area contributed by atoms with E-state index in [0.29, 0.717) is 22.8 Å². The number of aromatic nitrogens is 3. The number of carbonyl (C=O) groups excluding carboxylic acids is 1. The van der Waals surface area contributed by atoms with Gasteiger partial charge in [0, 0.05) is 12.1 Å². The fourth-order valence-corrected chi connectivity index (χ4v) is 6.63. The third kappa shape index (κ3) is 2.86. The van der Waals surface area contributed by atoms with Crippen LogP contribution in [0.15, 0.2) is 11.6 Å². The van der Waals surface area contributed by atoms with Gasteiger partial charge in [0.25, 0.3) is 0 Å². The third-order valence-corrected chi connectivity index (χ3v) is 7.62. The molecule has 4 bridgehead atoms. The second kappa shape index (κ2) is 6.04. The highest BCUT2D eigenvalue weighted by molar-refractivity contribution is 7.71. The van der Waals surface area contributed by atoms with Gasteiger partial charge in [0.2, 0.25) is 5.91 Å². The quantitative estimate of drug-likeness (QED) is 0.605. The Morgan fingerprint density at radius 2 is 1.88 bits per heavy atom. The van der Waals surface area contributed by atoms with Crippen molar-refractivity contribution in [2.45, 2.75) is 70.9 Å². The molecule has 140 valence electrons. The average molecular weight is 373 g/mol. The summed E-state index contributed by atoms with van der Waals surface area (Å²) in [5.41, 5.74) is 1.61.